The van der Waals surface area contributed by atoms with E-state index in [0.717, 1.165) is 28.1 Å². The summed E-state index contributed by atoms with van der Waals surface area (Å²) < 4.78 is 0. The van der Waals surface area contributed by atoms with Gasteiger partial charge in [-0.15, -0.1) is 0 Å². The Bertz CT molecular complexity index is 3120. The molecule has 1 aliphatic rings. The van der Waals surface area contributed by atoms with Crippen LogP contribution in [0.25, 0.3) is 99.6 Å². The minimum absolute atomic E-state index is 0.138. The molecule has 1 aromatic heterocycles. The van der Waals surface area contributed by atoms with Gasteiger partial charge in [0.1, 0.15) is 0 Å². The zero-order valence-electron chi connectivity index (χ0n) is 31.9. The van der Waals surface area contributed by atoms with Crippen LogP contribution in [0.15, 0.2) is 194 Å². The number of fused-ring (bicyclic) bond motifs is 6. The molecule has 57 heavy (non-hydrogen) atoms. The van der Waals surface area contributed by atoms with Gasteiger partial charge in [-0.25, -0.2) is 9.97 Å². The van der Waals surface area contributed by atoms with E-state index in [1.165, 1.54) is 76.8 Å². The van der Waals surface area contributed by atoms with Crippen molar-refractivity contribution in [2.75, 3.05) is 0 Å². The number of rotatable bonds is 5. The Balaban J connectivity index is 1.17. The normalized spacial score (nSPS) is 12.9. The Morgan fingerprint density at radius 1 is 0.333 bits per heavy atom. The van der Waals surface area contributed by atoms with Crippen molar-refractivity contribution in [3.8, 4) is 67.3 Å². The summed E-state index contributed by atoms with van der Waals surface area (Å²) in [6.45, 7) is 4.75. The van der Waals surface area contributed by atoms with Crippen LogP contribution in [0.2, 0.25) is 0 Å². The summed E-state index contributed by atoms with van der Waals surface area (Å²) in [5.74, 6) is 0.708. The Labute approximate surface area is 332 Å². The molecule has 0 saturated carbocycles. The zero-order valence-corrected chi connectivity index (χ0v) is 31.9. The lowest BCUT2D eigenvalue weighted by atomic mass is 9.80. The van der Waals surface area contributed by atoms with E-state index in [1.807, 2.05) is 6.07 Å². The molecule has 0 bridgehead atoms. The van der Waals surface area contributed by atoms with Crippen LogP contribution in [0.5, 0.6) is 0 Å². The highest BCUT2D eigenvalue weighted by Crippen LogP contribution is 2.55. The van der Waals surface area contributed by atoms with Crippen LogP contribution < -0.4 is 0 Å². The molecule has 0 radical (unpaired) electrons. The topological polar surface area (TPSA) is 25.8 Å². The summed E-state index contributed by atoms with van der Waals surface area (Å²) in [5.41, 5.74) is 15.1. The monoisotopic (exact) mass is 726 g/mol. The van der Waals surface area contributed by atoms with Crippen molar-refractivity contribution in [3.05, 3.63) is 205 Å². The van der Waals surface area contributed by atoms with Crippen molar-refractivity contribution in [3.63, 3.8) is 0 Å². The van der Waals surface area contributed by atoms with Crippen molar-refractivity contribution < 1.29 is 0 Å². The van der Waals surface area contributed by atoms with Gasteiger partial charge in [0.15, 0.2) is 5.82 Å². The van der Waals surface area contributed by atoms with Crippen LogP contribution in [0.3, 0.4) is 0 Å². The van der Waals surface area contributed by atoms with Crippen molar-refractivity contribution in [1.29, 1.82) is 0 Å². The summed E-state index contributed by atoms with van der Waals surface area (Å²) in [6, 6.07) is 70.1. The molecule has 0 spiro atoms. The predicted molar refractivity (Wildman–Crippen MR) is 239 cm³/mol. The molecule has 9 aromatic carbocycles. The van der Waals surface area contributed by atoms with Gasteiger partial charge >= 0.3 is 0 Å². The van der Waals surface area contributed by atoms with E-state index < -0.39 is 0 Å². The summed E-state index contributed by atoms with van der Waals surface area (Å²) >= 11 is 0. The van der Waals surface area contributed by atoms with Gasteiger partial charge in [-0.2, -0.15) is 0 Å². The fraction of sp³-hybridized carbons (Fsp3) is 0.0545. The van der Waals surface area contributed by atoms with Crippen molar-refractivity contribution in [2.24, 2.45) is 0 Å². The summed E-state index contributed by atoms with van der Waals surface area (Å²) in [7, 11) is 0. The lowest BCUT2D eigenvalue weighted by Gasteiger charge is -2.23. The molecule has 2 heteroatoms. The summed E-state index contributed by atoms with van der Waals surface area (Å²) in [6.07, 6.45) is 0. The first-order chi connectivity index (χ1) is 28.0. The fourth-order valence-corrected chi connectivity index (χ4v) is 9.28. The lowest BCUT2D eigenvalue weighted by molar-refractivity contribution is 0.661. The van der Waals surface area contributed by atoms with Crippen LogP contribution >= 0.6 is 0 Å². The van der Waals surface area contributed by atoms with E-state index in [1.54, 1.807) is 0 Å². The Hall–Kier alpha value is -7.16. The molecule has 0 fully saturated rings. The minimum Gasteiger partial charge on any atom is -0.228 e. The largest absolute Gasteiger partial charge is 0.228 e. The SMILES string of the molecule is CC1(C)c2cc3ccccc3cc2-c2c(-c3c4ccccc4c(-c4cc(-c5ccc(-c6ccccc6)cc5)nc(-c5ccccc5)n4)c4ccccc34)cccc21. The van der Waals surface area contributed by atoms with E-state index in [4.69, 9.17) is 9.97 Å². The second-order valence-electron chi connectivity index (χ2n) is 15.7. The zero-order chi connectivity index (χ0) is 38.1. The van der Waals surface area contributed by atoms with Crippen LogP contribution in [-0.2, 0) is 5.41 Å². The molecule has 10 aromatic rings. The molecular weight excluding hydrogens is 689 g/mol. The highest BCUT2D eigenvalue weighted by molar-refractivity contribution is 6.22. The van der Waals surface area contributed by atoms with Gasteiger partial charge in [-0.1, -0.05) is 190 Å². The summed E-state index contributed by atoms with van der Waals surface area (Å²) in [5, 5.41) is 7.31. The molecular formula is C55H38N2. The smallest absolute Gasteiger partial charge is 0.160 e. The molecule has 0 atom stereocenters. The quantitative estimate of drug-likeness (QED) is 0.165. The highest BCUT2D eigenvalue weighted by Gasteiger charge is 2.37. The average molecular weight is 727 g/mol. The first kappa shape index (κ1) is 33.2. The first-order valence-corrected chi connectivity index (χ1v) is 19.7. The number of nitrogens with zero attached hydrogens (tertiary/aromatic N) is 2. The molecule has 1 aliphatic carbocycles. The van der Waals surface area contributed by atoms with E-state index in [2.05, 4.69) is 202 Å². The van der Waals surface area contributed by atoms with E-state index in [9.17, 15) is 0 Å². The van der Waals surface area contributed by atoms with Crippen molar-refractivity contribution in [2.45, 2.75) is 19.3 Å². The van der Waals surface area contributed by atoms with Crippen LogP contribution in [0, 0.1) is 0 Å². The third-order valence-electron chi connectivity index (χ3n) is 12.1. The third-order valence-corrected chi connectivity index (χ3v) is 12.1. The van der Waals surface area contributed by atoms with Crippen LogP contribution in [0.1, 0.15) is 25.0 Å². The number of hydrogen-bond acceptors (Lipinski definition) is 2. The molecule has 268 valence electrons. The third kappa shape index (κ3) is 5.33. The van der Waals surface area contributed by atoms with E-state index in [0.29, 0.717) is 5.82 Å². The molecule has 0 saturated heterocycles. The molecule has 0 N–H and O–H groups in total. The highest BCUT2D eigenvalue weighted by atomic mass is 14.9. The Morgan fingerprint density at radius 3 is 1.49 bits per heavy atom. The van der Waals surface area contributed by atoms with Gasteiger partial charge in [0.2, 0.25) is 0 Å². The molecule has 1 heterocycles. The maximum Gasteiger partial charge on any atom is 0.160 e. The van der Waals surface area contributed by atoms with Gasteiger partial charge in [0.05, 0.1) is 11.4 Å². The Morgan fingerprint density at radius 2 is 0.842 bits per heavy atom. The molecule has 0 unspecified atom stereocenters. The van der Waals surface area contributed by atoms with Crippen LogP contribution in [-0.4, -0.2) is 9.97 Å². The van der Waals surface area contributed by atoms with E-state index in [-0.39, 0.29) is 5.41 Å². The number of aromatic nitrogens is 2. The molecule has 2 nitrogen and oxygen atoms in total. The maximum atomic E-state index is 5.39. The van der Waals surface area contributed by atoms with Gasteiger partial charge < -0.3 is 0 Å². The Kier molecular flexibility index (Phi) is 7.55. The standard InChI is InChI=1S/C55H38N2/c1-55(2)47-27-15-26-45(52(47)46-32-39-20-9-10-21-40(39)33-48(46)55)51-41-22-11-13-24-43(41)53(44-25-14-12-23-42(44)51)50-34-49(56-54(57-50)38-18-7-4-8-19-38)37-30-28-36(29-31-37)35-16-5-3-6-17-35/h3-34H,1-2H3. The summed E-state index contributed by atoms with van der Waals surface area (Å²) in [4.78, 5) is 10.6. The predicted octanol–water partition coefficient (Wildman–Crippen LogP) is 14.6. The van der Waals surface area contributed by atoms with Crippen LogP contribution in [0.4, 0.5) is 0 Å². The van der Waals surface area contributed by atoms with Gasteiger partial charge in [0.25, 0.3) is 0 Å². The fourth-order valence-electron chi connectivity index (χ4n) is 9.28. The minimum atomic E-state index is -0.138. The van der Waals surface area contributed by atoms with E-state index >= 15 is 0 Å². The first-order valence-electron chi connectivity index (χ1n) is 19.7. The molecule has 0 aliphatic heterocycles. The van der Waals surface area contributed by atoms with Crippen molar-refractivity contribution in [1.82, 2.24) is 9.97 Å². The van der Waals surface area contributed by atoms with Crippen molar-refractivity contribution >= 4 is 32.3 Å². The molecule has 11 rings (SSSR count). The average Bonchev–Trinajstić information content (AvgIpc) is 3.50. The number of hydrogen-bond donors (Lipinski definition) is 0. The lowest BCUT2D eigenvalue weighted by Crippen LogP contribution is -2.14. The van der Waals surface area contributed by atoms with Gasteiger partial charge in [0, 0.05) is 22.1 Å². The number of benzene rings is 9. The second kappa shape index (κ2) is 13.0. The van der Waals surface area contributed by atoms with Gasteiger partial charge in [-0.05, 0) is 95.0 Å². The maximum absolute atomic E-state index is 5.39. The second-order valence-corrected chi connectivity index (χ2v) is 15.7. The molecule has 0 amide bonds. The van der Waals surface area contributed by atoms with Gasteiger partial charge in [-0.3, -0.25) is 0 Å².